The molecule has 0 bridgehead atoms. The summed E-state index contributed by atoms with van der Waals surface area (Å²) in [5.74, 6) is -0.931. The van der Waals surface area contributed by atoms with Gasteiger partial charge < -0.3 is 16.2 Å². The van der Waals surface area contributed by atoms with Crippen molar-refractivity contribution in [3.8, 4) is 0 Å². The molecular weight excluding hydrogens is 184 g/mol. The maximum absolute atomic E-state index is 10.8. The van der Waals surface area contributed by atoms with E-state index in [4.69, 9.17) is 10.8 Å². The normalized spacial score (nSPS) is 16.8. The van der Waals surface area contributed by atoms with Gasteiger partial charge in [-0.05, 0) is 18.8 Å². The molecule has 82 valence electrons. The number of aliphatic carboxylic acids is 1. The van der Waals surface area contributed by atoms with Gasteiger partial charge in [0.25, 0.3) is 0 Å². The molecule has 0 saturated carbocycles. The summed E-state index contributed by atoms with van der Waals surface area (Å²) in [6, 6.07) is 0. The molecule has 5 nitrogen and oxygen atoms in total. The molecule has 0 fully saturated rings. The molecule has 0 aromatic rings. The Morgan fingerprint density at radius 3 is 2.64 bits per heavy atom. The lowest BCUT2D eigenvalue weighted by Gasteiger charge is -2.26. The van der Waals surface area contributed by atoms with Gasteiger partial charge in [-0.25, -0.2) is 0 Å². The monoisotopic (exact) mass is 202 g/mol. The third-order valence-corrected chi connectivity index (χ3v) is 2.32. The van der Waals surface area contributed by atoms with Gasteiger partial charge in [0.05, 0.1) is 0 Å². The van der Waals surface area contributed by atoms with Crippen molar-refractivity contribution in [1.82, 2.24) is 5.32 Å². The van der Waals surface area contributed by atoms with E-state index in [9.17, 15) is 9.59 Å². The first-order chi connectivity index (χ1) is 6.46. The third kappa shape index (κ3) is 3.74. The minimum absolute atomic E-state index is 0.0567. The van der Waals surface area contributed by atoms with E-state index in [-0.39, 0.29) is 5.92 Å². The van der Waals surface area contributed by atoms with Crippen LogP contribution in [-0.4, -0.2) is 29.6 Å². The first-order valence-electron chi connectivity index (χ1n) is 4.65. The van der Waals surface area contributed by atoms with Crippen LogP contribution in [0.25, 0.3) is 0 Å². The fraction of sp³-hybridized carbons (Fsp3) is 0.778. The Hall–Kier alpha value is -1.10. The number of nitrogens with two attached hydrogens (primary N) is 1. The van der Waals surface area contributed by atoms with Gasteiger partial charge in [0.2, 0.25) is 6.41 Å². The van der Waals surface area contributed by atoms with E-state index in [1.165, 1.54) is 0 Å². The average Bonchev–Trinajstić information content (AvgIpc) is 2.14. The van der Waals surface area contributed by atoms with Crippen molar-refractivity contribution in [3.63, 3.8) is 0 Å². The van der Waals surface area contributed by atoms with Crippen LogP contribution < -0.4 is 11.1 Å². The minimum atomic E-state index is -1.18. The highest BCUT2D eigenvalue weighted by atomic mass is 16.4. The fourth-order valence-electron chi connectivity index (χ4n) is 1.33. The Morgan fingerprint density at radius 1 is 1.71 bits per heavy atom. The fourth-order valence-corrected chi connectivity index (χ4v) is 1.33. The second-order valence-electron chi connectivity index (χ2n) is 3.65. The second-order valence-corrected chi connectivity index (χ2v) is 3.65. The lowest BCUT2D eigenvalue weighted by molar-refractivity contribution is -0.144. The van der Waals surface area contributed by atoms with Crippen LogP contribution in [0.2, 0.25) is 0 Å². The number of carboxylic acids is 1. The average molecular weight is 202 g/mol. The van der Waals surface area contributed by atoms with Gasteiger partial charge in [-0.15, -0.1) is 0 Å². The summed E-state index contributed by atoms with van der Waals surface area (Å²) >= 11 is 0. The van der Waals surface area contributed by atoms with Crippen molar-refractivity contribution in [1.29, 1.82) is 0 Å². The Balaban J connectivity index is 4.16. The van der Waals surface area contributed by atoms with Gasteiger partial charge in [-0.3, -0.25) is 9.59 Å². The minimum Gasteiger partial charge on any atom is -0.480 e. The van der Waals surface area contributed by atoms with Crippen molar-refractivity contribution in [2.45, 2.75) is 32.2 Å². The maximum atomic E-state index is 10.8. The van der Waals surface area contributed by atoms with Crippen LogP contribution in [0, 0.1) is 5.92 Å². The summed E-state index contributed by atoms with van der Waals surface area (Å²) in [7, 11) is 0. The Kier molecular flexibility index (Phi) is 5.15. The molecule has 0 aromatic carbocycles. The van der Waals surface area contributed by atoms with E-state index >= 15 is 0 Å². The van der Waals surface area contributed by atoms with E-state index in [1.807, 2.05) is 6.92 Å². The molecule has 0 aromatic heterocycles. The highest BCUT2D eigenvalue weighted by Crippen LogP contribution is 2.17. The number of amides is 1. The first kappa shape index (κ1) is 12.9. The molecule has 0 aliphatic heterocycles. The SMILES string of the molecule is CC[C@](N)(C[C@H](C)CNC=O)C(=O)O. The molecular formula is C9H18N2O3. The number of carbonyl (C=O) groups excluding carboxylic acids is 1. The molecule has 0 saturated heterocycles. The van der Waals surface area contributed by atoms with Gasteiger partial charge in [0.1, 0.15) is 5.54 Å². The van der Waals surface area contributed by atoms with Gasteiger partial charge in [0.15, 0.2) is 0 Å². The smallest absolute Gasteiger partial charge is 0.323 e. The molecule has 0 radical (unpaired) electrons. The summed E-state index contributed by atoms with van der Waals surface area (Å²) in [5.41, 5.74) is 4.52. The Labute approximate surface area is 83.7 Å². The van der Waals surface area contributed by atoms with Crippen molar-refractivity contribution in [2.24, 2.45) is 11.7 Å². The largest absolute Gasteiger partial charge is 0.480 e. The second kappa shape index (κ2) is 5.59. The molecule has 1 amide bonds. The summed E-state index contributed by atoms with van der Waals surface area (Å²) < 4.78 is 0. The molecule has 2 atom stereocenters. The molecule has 0 heterocycles. The number of carbonyl (C=O) groups is 2. The highest BCUT2D eigenvalue weighted by molar-refractivity contribution is 5.78. The Bertz CT molecular complexity index is 208. The van der Waals surface area contributed by atoms with Crippen LogP contribution in [0.1, 0.15) is 26.7 Å². The summed E-state index contributed by atoms with van der Waals surface area (Å²) in [5, 5.41) is 11.4. The molecule has 0 unspecified atom stereocenters. The standard InChI is InChI=1S/C9H18N2O3/c1-3-9(10,8(13)14)4-7(2)5-11-6-12/h6-7H,3-5,10H2,1-2H3,(H,11,12)(H,13,14)/t7-,9-/m0/s1. The van der Waals surface area contributed by atoms with Crippen LogP contribution in [0.3, 0.4) is 0 Å². The number of hydrogen-bond donors (Lipinski definition) is 3. The lowest BCUT2D eigenvalue weighted by atomic mass is 9.87. The molecule has 0 spiro atoms. The van der Waals surface area contributed by atoms with E-state index in [0.717, 1.165) is 0 Å². The zero-order valence-corrected chi connectivity index (χ0v) is 8.62. The maximum Gasteiger partial charge on any atom is 0.323 e. The highest BCUT2D eigenvalue weighted by Gasteiger charge is 2.33. The number of hydrogen-bond acceptors (Lipinski definition) is 3. The van der Waals surface area contributed by atoms with E-state index in [1.54, 1.807) is 6.92 Å². The molecule has 4 N–H and O–H groups in total. The van der Waals surface area contributed by atoms with Gasteiger partial charge in [-0.1, -0.05) is 13.8 Å². The molecule has 0 aliphatic carbocycles. The third-order valence-electron chi connectivity index (χ3n) is 2.32. The lowest BCUT2D eigenvalue weighted by Crippen LogP contribution is -2.49. The molecule has 5 heteroatoms. The van der Waals surface area contributed by atoms with Gasteiger partial charge in [-0.2, -0.15) is 0 Å². The quantitative estimate of drug-likeness (QED) is 0.505. The predicted octanol–water partition coefficient (Wildman–Crippen LogP) is -0.0493. The van der Waals surface area contributed by atoms with Gasteiger partial charge >= 0.3 is 5.97 Å². The zero-order chi connectivity index (χ0) is 11.2. The van der Waals surface area contributed by atoms with Crippen LogP contribution in [0.15, 0.2) is 0 Å². The predicted molar refractivity (Wildman–Crippen MR) is 52.7 cm³/mol. The van der Waals surface area contributed by atoms with E-state index < -0.39 is 11.5 Å². The van der Waals surface area contributed by atoms with Crippen LogP contribution >= 0.6 is 0 Å². The summed E-state index contributed by atoms with van der Waals surface area (Å²) in [6.45, 7) is 4.06. The number of nitrogens with one attached hydrogen (secondary N) is 1. The van der Waals surface area contributed by atoms with Crippen LogP contribution in [-0.2, 0) is 9.59 Å². The van der Waals surface area contributed by atoms with Crippen LogP contribution in [0.4, 0.5) is 0 Å². The summed E-state index contributed by atoms with van der Waals surface area (Å²) in [4.78, 5) is 20.9. The number of carboxylic acid groups (broad SMARTS) is 1. The first-order valence-corrected chi connectivity index (χ1v) is 4.65. The topological polar surface area (TPSA) is 92.4 Å². The molecule has 0 rings (SSSR count). The Morgan fingerprint density at radius 2 is 2.29 bits per heavy atom. The van der Waals surface area contributed by atoms with Crippen molar-refractivity contribution in [3.05, 3.63) is 0 Å². The van der Waals surface area contributed by atoms with E-state index in [2.05, 4.69) is 5.32 Å². The van der Waals surface area contributed by atoms with Crippen molar-refractivity contribution in [2.75, 3.05) is 6.54 Å². The summed E-state index contributed by atoms with van der Waals surface area (Å²) in [6.07, 6.45) is 1.34. The molecule has 0 aliphatic rings. The zero-order valence-electron chi connectivity index (χ0n) is 8.62. The van der Waals surface area contributed by atoms with Gasteiger partial charge in [0, 0.05) is 6.54 Å². The molecule has 14 heavy (non-hydrogen) atoms. The van der Waals surface area contributed by atoms with Crippen molar-refractivity contribution >= 4 is 12.4 Å². The number of rotatable bonds is 7. The van der Waals surface area contributed by atoms with Crippen LogP contribution in [0.5, 0.6) is 0 Å². The van der Waals surface area contributed by atoms with Crippen molar-refractivity contribution < 1.29 is 14.7 Å². The van der Waals surface area contributed by atoms with E-state index in [0.29, 0.717) is 25.8 Å².